The van der Waals surface area contributed by atoms with Crippen molar-refractivity contribution in [3.63, 3.8) is 0 Å². The highest BCUT2D eigenvalue weighted by atomic mass is 19.3. The van der Waals surface area contributed by atoms with Gasteiger partial charge >= 0.3 is 12.3 Å². The van der Waals surface area contributed by atoms with Crippen LogP contribution in [0.1, 0.15) is 5.56 Å². The van der Waals surface area contributed by atoms with Crippen LogP contribution in [-0.2, 0) is 11.3 Å². The van der Waals surface area contributed by atoms with Gasteiger partial charge in [-0.05, 0) is 17.7 Å². The maximum atomic E-state index is 12.5. The summed E-state index contributed by atoms with van der Waals surface area (Å²) in [7, 11) is 0. The number of rotatable bonds is 7. The van der Waals surface area contributed by atoms with E-state index in [1.165, 1.54) is 0 Å². The average Bonchev–Trinajstić information content (AvgIpc) is 2.43. The lowest BCUT2D eigenvalue weighted by Crippen LogP contribution is -2.42. The number of carbonyl (C=O) groups excluding carboxylic acids is 1. The Morgan fingerprint density at radius 2 is 1.90 bits per heavy atom. The number of hydrogen-bond donors (Lipinski definition) is 2. The summed E-state index contributed by atoms with van der Waals surface area (Å²) in [5.74, 6) is -4.82. The Kier molecular flexibility index (Phi) is 5.75. The number of benzene rings is 1. The van der Waals surface area contributed by atoms with Crippen molar-refractivity contribution < 1.29 is 27.1 Å². The fourth-order valence-electron chi connectivity index (χ4n) is 1.22. The van der Waals surface area contributed by atoms with Gasteiger partial charge in [-0.15, -0.1) is 0 Å². The molecule has 0 fully saturated rings. The summed E-state index contributed by atoms with van der Waals surface area (Å²) in [5.41, 5.74) is 6.25. The van der Waals surface area contributed by atoms with Crippen LogP contribution in [0.4, 0.5) is 17.6 Å². The Bertz CT molecular complexity index is 438. The number of hydrogen-bond acceptors (Lipinski definition) is 3. The van der Waals surface area contributed by atoms with Gasteiger partial charge < -0.3 is 15.8 Å². The molecule has 1 amide bonds. The lowest BCUT2D eigenvalue weighted by Gasteiger charge is -2.15. The number of halogens is 4. The predicted octanol–water partition coefficient (Wildman–Crippen LogP) is 1.54. The second-order valence-corrected chi connectivity index (χ2v) is 3.98. The number of alkyl halides is 4. The second kappa shape index (κ2) is 7.09. The normalized spacial score (nSPS) is 11.5. The van der Waals surface area contributed by atoms with Crippen molar-refractivity contribution in [1.29, 1.82) is 0 Å². The minimum absolute atomic E-state index is 0.345. The Labute approximate surface area is 112 Å². The van der Waals surface area contributed by atoms with Crippen LogP contribution in [0.2, 0.25) is 0 Å². The fraction of sp³-hybridized carbons (Fsp3) is 0.417. The van der Waals surface area contributed by atoms with Crippen molar-refractivity contribution in [2.75, 3.05) is 13.2 Å². The first-order valence-electron chi connectivity index (χ1n) is 5.69. The quantitative estimate of drug-likeness (QED) is 0.750. The topological polar surface area (TPSA) is 64.3 Å². The molecular formula is C12H14F4N2O2. The van der Waals surface area contributed by atoms with Gasteiger partial charge in [-0.2, -0.15) is 8.78 Å². The Balaban J connectivity index is 2.36. The number of nitrogens with one attached hydrogen (secondary N) is 1. The van der Waals surface area contributed by atoms with Gasteiger partial charge in [-0.1, -0.05) is 12.1 Å². The van der Waals surface area contributed by atoms with Crippen LogP contribution in [0.25, 0.3) is 0 Å². The number of ether oxygens (including phenoxy) is 1. The van der Waals surface area contributed by atoms with E-state index in [0.717, 1.165) is 5.56 Å². The molecule has 0 atom stereocenters. The molecule has 20 heavy (non-hydrogen) atoms. The van der Waals surface area contributed by atoms with E-state index in [1.807, 2.05) is 0 Å². The van der Waals surface area contributed by atoms with Crippen LogP contribution in [-0.4, -0.2) is 31.4 Å². The molecule has 0 bridgehead atoms. The van der Waals surface area contributed by atoms with Crippen LogP contribution in [0, 0.1) is 0 Å². The van der Waals surface area contributed by atoms with Crippen molar-refractivity contribution in [1.82, 2.24) is 5.32 Å². The molecule has 1 aromatic carbocycles. The first-order chi connectivity index (χ1) is 9.35. The van der Waals surface area contributed by atoms with Crippen molar-refractivity contribution in [2.24, 2.45) is 5.73 Å². The minimum Gasteiger partial charge on any atom is -0.484 e. The lowest BCUT2D eigenvalue weighted by atomic mass is 10.2. The lowest BCUT2D eigenvalue weighted by molar-refractivity contribution is -0.137. The van der Waals surface area contributed by atoms with Crippen LogP contribution in [0.3, 0.4) is 0 Å². The summed E-state index contributed by atoms with van der Waals surface area (Å²) < 4.78 is 53.8. The summed E-state index contributed by atoms with van der Waals surface area (Å²) in [6.45, 7) is -1.62. The van der Waals surface area contributed by atoms with Gasteiger partial charge in [0.05, 0.1) is 6.54 Å². The maximum Gasteiger partial charge on any atom is 0.324 e. The molecule has 0 aromatic heterocycles. The van der Waals surface area contributed by atoms with Crippen molar-refractivity contribution >= 4 is 5.91 Å². The number of amides is 1. The zero-order valence-electron chi connectivity index (χ0n) is 10.4. The summed E-state index contributed by atoms with van der Waals surface area (Å²) in [4.78, 5) is 11.2. The Morgan fingerprint density at radius 1 is 1.30 bits per heavy atom. The van der Waals surface area contributed by atoms with Crippen molar-refractivity contribution in [3.8, 4) is 5.75 Å². The zero-order valence-corrected chi connectivity index (χ0v) is 10.4. The Morgan fingerprint density at radius 3 is 2.40 bits per heavy atom. The molecule has 0 saturated heterocycles. The molecular weight excluding hydrogens is 280 g/mol. The highest BCUT2D eigenvalue weighted by Gasteiger charge is 2.40. The van der Waals surface area contributed by atoms with Gasteiger partial charge in [0.1, 0.15) is 5.75 Å². The van der Waals surface area contributed by atoms with E-state index in [0.29, 0.717) is 12.3 Å². The molecule has 0 aliphatic carbocycles. The van der Waals surface area contributed by atoms with Gasteiger partial charge in [0.2, 0.25) is 0 Å². The summed E-state index contributed by atoms with van der Waals surface area (Å²) in [5, 5.41) is 1.68. The van der Waals surface area contributed by atoms with Crippen LogP contribution < -0.4 is 15.8 Å². The van der Waals surface area contributed by atoms with E-state index in [9.17, 15) is 22.4 Å². The van der Waals surface area contributed by atoms with Crippen molar-refractivity contribution in [2.45, 2.75) is 18.9 Å². The average molecular weight is 294 g/mol. The molecule has 0 unspecified atom stereocenters. The molecule has 0 heterocycles. The fourth-order valence-corrected chi connectivity index (χ4v) is 1.22. The van der Waals surface area contributed by atoms with Gasteiger partial charge in [-0.25, -0.2) is 8.78 Å². The predicted molar refractivity (Wildman–Crippen MR) is 63.8 cm³/mol. The van der Waals surface area contributed by atoms with E-state index in [1.54, 1.807) is 29.6 Å². The molecule has 0 aliphatic heterocycles. The third kappa shape index (κ3) is 5.04. The van der Waals surface area contributed by atoms with E-state index in [-0.39, 0.29) is 0 Å². The van der Waals surface area contributed by atoms with Crippen molar-refractivity contribution in [3.05, 3.63) is 29.8 Å². The van der Waals surface area contributed by atoms with Gasteiger partial charge in [0.15, 0.2) is 6.61 Å². The minimum atomic E-state index is -4.25. The second-order valence-electron chi connectivity index (χ2n) is 3.98. The molecule has 1 aromatic rings. The molecule has 8 heteroatoms. The van der Waals surface area contributed by atoms with Crippen LogP contribution in [0.15, 0.2) is 24.3 Å². The largest absolute Gasteiger partial charge is 0.484 e. The molecule has 1 rings (SSSR count). The maximum absolute atomic E-state index is 12.5. The third-order valence-electron chi connectivity index (χ3n) is 2.37. The summed E-state index contributed by atoms with van der Waals surface area (Å²) in [6.07, 6.45) is -3.83. The first kappa shape index (κ1) is 16.2. The SMILES string of the molecule is NCc1ccc(OCC(=O)NCC(F)(F)C(F)F)cc1. The number of carbonyl (C=O) groups is 1. The molecule has 0 aliphatic rings. The summed E-state index contributed by atoms with van der Waals surface area (Å²) in [6, 6.07) is 6.48. The highest BCUT2D eigenvalue weighted by molar-refractivity contribution is 5.77. The van der Waals surface area contributed by atoms with Gasteiger partial charge in [0.25, 0.3) is 5.91 Å². The van der Waals surface area contributed by atoms with E-state index in [4.69, 9.17) is 10.5 Å². The smallest absolute Gasteiger partial charge is 0.324 e. The van der Waals surface area contributed by atoms with Crippen LogP contribution >= 0.6 is 0 Å². The van der Waals surface area contributed by atoms with Gasteiger partial charge in [0, 0.05) is 6.54 Å². The number of nitrogens with two attached hydrogens (primary N) is 1. The molecule has 0 radical (unpaired) electrons. The standard InChI is InChI=1S/C12H14F4N2O2/c13-11(14)12(15,16)7-18-10(19)6-20-9-3-1-8(5-17)2-4-9/h1-4,11H,5-7,17H2,(H,18,19). The third-order valence-corrected chi connectivity index (χ3v) is 2.37. The first-order valence-corrected chi connectivity index (χ1v) is 5.69. The zero-order chi connectivity index (χ0) is 15.2. The Hall–Kier alpha value is -1.83. The molecule has 112 valence electrons. The van der Waals surface area contributed by atoms with Crippen LogP contribution in [0.5, 0.6) is 5.75 Å². The molecule has 0 spiro atoms. The summed E-state index contributed by atoms with van der Waals surface area (Å²) >= 11 is 0. The molecule has 3 N–H and O–H groups in total. The van der Waals surface area contributed by atoms with E-state index >= 15 is 0 Å². The molecule has 4 nitrogen and oxygen atoms in total. The van der Waals surface area contributed by atoms with E-state index < -0.39 is 31.4 Å². The monoisotopic (exact) mass is 294 g/mol. The molecule has 0 saturated carbocycles. The van der Waals surface area contributed by atoms with E-state index in [2.05, 4.69) is 0 Å². The van der Waals surface area contributed by atoms with Gasteiger partial charge in [-0.3, -0.25) is 4.79 Å². The highest BCUT2D eigenvalue weighted by Crippen LogP contribution is 2.21.